The van der Waals surface area contributed by atoms with Crippen molar-refractivity contribution in [2.75, 3.05) is 24.8 Å². The molecule has 1 heterocycles. The lowest BCUT2D eigenvalue weighted by atomic mass is 10.3. The first-order valence-corrected chi connectivity index (χ1v) is 4.68. The maximum Gasteiger partial charge on any atom is 0.328 e. The Morgan fingerprint density at radius 1 is 1.61 bits per heavy atom. The lowest BCUT2D eigenvalue weighted by molar-refractivity contribution is -0.138. The highest BCUT2D eigenvalue weighted by Crippen LogP contribution is 2.30. The van der Waals surface area contributed by atoms with Crippen LogP contribution in [0.3, 0.4) is 0 Å². The number of nitrogens with zero attached hydrogens (tertiary/aromatic N) is 3. The first-order chi connectivity index (χ1) is 8.53. The summed E-state index contributed by atoms with van der Waals surface area (Å²) in [5.74, 6) is -1.82. The van der Waals surface area contributed by atoms with Crippen molar-refractivity contribution in [3.63, 3.8) is 0 Å². The molecule has 1 aromatic heterocycles. The number of carboxylic acids is 1. The van der Waals surface area contributed by atoms with Crippen molar-refractivity contribution in [1.82, 2.24) is 9.97 Å². The highest BCUT2D eigenvalue weighted by molar-refractivity contribution is 5.80. The lowest BCUT2D eigenvalue weighted by Crippen LogP contribution is -2.33. The molecule has 0 aromatic carbocycles. The van der Waals surface area contributed by atoms with Crippen LogP contribution in [0, 0.1) is 4.91 Å². The van der Waals surface area contributed by atoms with E-state index in [0.717, 1.165) is 0 Å². The molecule has 0 bridgehead atoms. The first kappa shape index (κ1) is 13.6. The van der Waals surface area contributed by atoms with E-state index < -0.39 is 18.6 Å². The maximum absolute atomic E-state index is 10.7. The number of carbonyl (C=O) groups is 1. The van der Waals surface area contributed by atoms with Crippen LogP contribution < -0.4 is 15.8 Å². The number of nitrogens with two attached hydrogens (primary N) is 1. The molecule has 0 saturated heterocycles. The summed E-state index contributed by atoms with van der Waals surface area (Å²) in [5, 5.41) is 22.5. The molecule has 0 radical (unpaired) electrons. The number of aromatic nitrogens is 2. The summed E-state index contributed by atoms with van der Waals surface area (Å²) in [7, 11) is 1.27. The van der Waals surface area contributed by atoms with Crippen molar-refractivity contribution in [2.45, 2.75) is 6.04 Å². The van der Waals surface area contributed by atoms with E-state index >= 15 is 0 Å². The number of carboxylic acid groups (broad SMARTS) is 1. The predicted molar refractivity (Wildman–Crippen MR) is 60.6 cm³/mol. The van der Waals surface area contributed by atoms with E-state index in [0.29, 0.717) is 0 Å². The van der Waals surface area contributed by atoms with E-state index in [1.54, 1.807) is 0 Å². The number of rotatable bonds is 6. The smallest absolute Gasteiger partial charge is 0.328 e. The monoisotopic (exact) mass is 257 g/mol. The Hall–Kier alpha value is -2.49. The van der Waals surface area contributed by atoms with Crippen LogP contribution in [0.1, 0.15) is 0 Å². The minimum Gasteiger partial charge on any atom is -0.480 e. The van der Waals surface area contributed by atoms with Crippen molar-refractivity contribution >= 4 is 23.3 Å². The van der Waals surface area contributed by atoms with Gasteiger partial charge in [0.2, 0.25) is 0 Å². The summed E-state index contributed by atoms with van der Waals surface area (Å²) in [6.07, 6.45) is 0. The summed E-state index contributed by atoms with van der Waals surface area (Å²) in [6, 6.07) is -1.52. The first-order valence-electron chi connectivity index (χ1n) is 4.68. The van der Waals surface area contributed by atoms with Gasteiger partial charge in [-0.15, -0.1) is 4.91 Å². The summed E-state index contributed by atoms with van der Waals surface area (Å²) in [4.78, 5) is 28.6. The summed E-state index contributed by atoms with van der Waals surface area (Å²) >= 11 is 0. The second-order valence-corrected chi connectivity index (χ2v) is 3.10. The van der Waals surface area contributed by atoms with Crippen LogP contribution in [-0.2, 0) is 4.79 Å². The van der Waals surface area contributed by atoms with Crippen LogP contribution in [0.4, 0.5) is 17.3 Å². The van der Waals surface area contributed by atoms with Crippen molar-refractivity contribution in [1.29, 1.82) is 0 Å². The number of methoxy groups -OCH3 is 1. The van der Waals surface area contributed by atoms with Gasteiger partial charge in [-0.2, -0.15) is 9.97 Å². The zero-order chi connectivity index (χ0) is 13.7. The number of aliphatic hydroxyl groups excluding tert-OH is 1. The van der Waals surface area contributed by atoms with Gasteiger partial charge in [0.15, 0.2) is 17.3 Å². The number of aliphatic carboxylic acids is 1. The maximum atomic E-state index is 10.7. The molecule has 0 spiro atoms. The SMILES string of the molecule is COc1nc(N)c(N=O)c(NC(CO)C(=O)O)n1. The zero-order valence-electron chi connectivity index (χ0n) is 9.32. The van der Waals surface area contributed by atoms with E-state index in [2.05, 4.69) is 20.5 Å². The number of nitrogen functional groups attached to an aromatic ring is 1. The van der Waals surface area contributed by atoms with Gasteiger partial charge in [-0.05, 0) is 5.18 Å². The summed E-state index contributed by atoms with van der Waals surface area (Å²) in [6.45, 7) is -0.708. The zero-order valence-corrected chi connectivity index (χ0v) is 9.32. The summed E-state index contributed by atoms with van der Waals surface area (Å²) in [5.41, 5.74) is 5.08. The molecule has 1 aromatic rings. The van der Waals surface area contributed by atoms with Gasteiger partial charge in [0.05, 0.1) is 13.7 Å². The molecule has 5 N–H and O–H groups in total. The fraction of sp³-hybridized carbons (Fsp3) is 0.375. The van der Waals surface area contributed by atoms with Crippen molar-refractivity contribution < 1.29 is 19.7 Å². The van der Waals surface area contributed by atoms with Gasteiger partial charge in [0, 0.05) is 0 Å². The second kappa shape index (κ2) is 5.72. The Kier molecular flexibility index (Phi) is 4.32. The molecule has 18 heavy (non-hydrogen) atoms. The number of aliphatic hydroxyl groups is 1. The molecule has 0 amide bonds. The molecule has 0 aliphatic rings. The van der Waals surface area contributed by atoms with Crippen LogP contribution >= 0.6 is 0 Å². The van der Waals surface area contributed by atoms with Crippen molar-refractivity contribution in [3.05, 3.63) is 4.91 Å². The molecule has 1 atom stereocenters. The second-order valence-electron chi connectivity index (χ2n) is 3.10. The topological polar surface area (TPSA) is 160 Å². The molecule has 10 nitrogen and oxygen atoms in total. The third-order valence-corrected chi connectivity index (χ3v) is 1.96. The van der Waals surface area contributed by atoms with Crippen molar-refractivity contribution in [2.24, 2.45) is 5.18 Å². The van der Waals surface area contributed by atoms with E-state index in [9.17, 15) is 9.70 Å². The Morgan fingerprint density at radius 2 is 2.28 bits per heavy atom. The molecule has 0 fully saturated rings. The average molecular weight is 257 g/mol. The Bertz CT molecular complexity index is 465. The standard InChI is InChI=1S/C8H11N5O5/c1-18-8-11-5(9)4(13-17)6(12-8)10-3(2-14)7(15)16/h3,14H,2H2,1H3,(H,15,16)(H3,9,10,11,12). The molecule has 1 unspecified atom stereocenters. The van der Waals surface area contributed by atoms with E-state index in [1.807, 2.05) is 0 Å². The molecular weight excluding hydrogens is 246 g/mol. The largest absolute Gasteiger partial charge is 0.480 e. The number of anilines is 2. The molecule has 1 rings (SSSR count). The Balaban J connectivity index is 3.16. The quantitative estimate of drug-likeness (QED) is 0.484. The minimum atomic E-state index is -1.36. The van der Waals surface area contributed by atoms with Crippen LogP contribution in [0.15, 0.2) is 5.18 Å². The predicted octanol–water partition coefficient (Wildman–Crippen LogP) is -0.677. The number of nitrogens with one attached hydrogen (secondary N) is 1. The van der Waals surface area contributed by atoms with E-state index in [1.165, 1.54) is 7.11 Å². The van der Waals surface area contributed by atoms with Gasteiger partial charge in [-0.25, -0.2) is 4.79 Å². The summed E-state index contributed by atoms with van der Waals surface area (Å²) < 4.78 is 4.72. The molecule has 0 aliphatic carbocycles. The molecular formula is C8H11N5O5. The molecule has 0 aliphatic heterocycles. The van der Waals surface area contributed by atoms with E-state index in [-0.39, 0.29) is 23.3 Å². The number of ether oxygens (including phenoxy) is 1. The van der Waals surface area contributed by atoms with Gasteiger partial charge in [0.1, 0.15) is 6.04 Å². The van der Waals surface area contributed by atoms with Crippen LogP contribution in [0.2, 0.25) is 0 Å². The van der Waals surface area contributed by atoms with Gasteiger partial charge >= 0.3 is 12.0 Å². The lowest BCUT2D eigenvalue weighted by Gasteiger charge is -2.14. The normalized spacial score (nSPS) is 11.7. The number of hydrogen-bond acceptors (Lipinski definition) is 9. The van der Waals surface area contributed by atoms with Gasteiger partial charge in [-0.1, -0.05) is 0 Å². The molecule has 98 valence electrons. The van der Waals surface area contributed by atoms with Crippen LogP contribution in [-0.4, -0.2) is 45.9 Å². The van der Waals surface area contributed by atoms with Gasteiger partial charge in [0.25, 0.3) is 0 Å². The fourth-order valence-electron chi connectivity index (χ4n) is 1.08. The molecule has 10 heteroatoms. The number of nitroso groups, excluding NO2 is 1. The average Bonchev–Trinajstić information content (AvgIpc) is 2.34. The highest BCUT2D eigenvalue weighted by Gasteiger charge is 2.21. The third kappa shape index (κ3) is 2.79. The molecule has 0 saturated carbocycles. The Labute approximate surface area is 101 Å². The van der Waals surface area contributed by atoms with Crippen LogP contribution in [0.5, 0.6) is 6.01 Å². The number of hydrogen-bond donors (Lipinski definition) is 4. The Morgan fingerprint density at radius 3 is 2.72 bits per heavy atom. The van der Waals surface area contributed by atoms with Gasteiger partial charge < -0.3 is 26.0 Å². The fourth-order valence-corrected chi connectivity index (χ4v) is 1.08. The third-order valence-electron chi connectivity index (χ3n) is 1.96. The minimum absolute atomic E-state index is 0.163. The van der Waals surface area contributed by atoms with Crippen molar-refractivity contribution in [3.8, 4) is 6.01 Å². The van der Waals surface area contributed by atoms with Gasteiger partial charge in [-0.3, -0.25) is 0 Å². The highest BCUT2D eigenvalue weighted by atomic mass is 16.5. The van der Waals surface area contributed by atoms with E-state index in [4.69, 9.17) is 20.7 Å². The van der Waals surface area contributed by atoms with Crippen LogP contribution in [0.25, 0.3) is 0 Å².